The fourth-order valence-corrected chi connectivity index (χ4v) is 3.08. The van der Waals surface area contributed by atoms with Gasteiger partial charge < -0.3 is 9.88 Å². The zero-order valence-electron chi connectivity index (χ0n) is 15.7. The fraction of sp³-hybridized carbons (Fsp3) is 0.333. The molecule has 0 bridgehead atoms. The third-order valence-electron chi connectivity index (χ3n) is 4.78. The number of hydrogen-bond donors (Lipinski definition) is 2. The molecule has 10 heteroatoms. The molecule has 0 saturated heterocycles. The van der Waals surface area contributed by atoms with E-state index in [2.05, 4.69) is 30.6 Å². The molecule has 0 spiro atoms. The summed E-state index contributed by atoms with van der Waals surface area (Å²) in [4.78, 5) is 34.7. The highest BCUT2D eigenvalue weighted by Gasteiger charge is 2.19. The van der Waals surface area contributed by atoms with Crippen LogP contribution >= 0.6 is 0 Å². The standard InChI is InChI=1S/C18H19N7O3/c1-9-6-12-14(7-10(9)2)25(5-4-19-8-13-11(3)23-28-24-13)16-15(20-12)17(26)22-18(27)21-16/h6-7,19H,4-5,8H2,1-3H3,(H,22,26,27). The molecule has 10 nitrogen and oxygen atoms in total. The monoisotopic (exact) mass is 381 g/mol. The van der Waals surface area contributed by atoms with Gasteiger partial charge in [-0.2, -0.15) is 4.98 Å². The van der Waals surface area contributed by atoms with Crippen LogP contribution in [-0.4, -0.2) is 36.4 Å². The van der Waals surface area contributed by atoms with Crippen LogP contribution in [0.25, 0.3) is 22.6 Å². The molecule has 0 atom stereocenters. The van der Waals surface area contributed by atoms with Gasteiger partial charge >= 0.3 is 5.69 Å². The van der Waals surface area contributed by atoms with Gasteiger partial charge in [0, 0.05) is 19.6 Å². The highest BCUT2D eigenvalue weighted by atomic mass is 16.6. The molecule has 0 unspecified atom stereocenters. The maximum Gasteiger partial charge on any atom is 0.349 e. The summed E-state index contributed by atoms with van der Waals surface area (Å²) in [5.74, 6) is 0.269. The summed E-state index contributed by atoms with van der Waals surface area (Å²) < 4.78 is 6.54. The van der Waals surface area contributed by atoms with Crippen LogP contribution in [0.5, 0.6) is 0 Å². The number of rotatable bonds is 5. The lowest BCUT2D eigenvalue weighted by Crippen LogP contribution is -2.30. The molecule has 0 saturated carbocycles. The molecule has 2 aromatic rings. The van der Waals surface area contributed by atoms with Crippen molar-refractivity contribution in [1.29, 1.82) is 0 Å². The number of H-pyrrole nitrogens is 1. The Hall–Kier alpha value is -3.40. The number of aryl methyl sites for hydroxylation is 3. The van der Waals surface area contributed by atoms with Crippen LogP contribution in [0.4, 0.5) is 0 Å². The molecule has 0 radical (unpaired) electrons. The quantitative estimate of drug-likeness (QED) is 0.381. The molecule has 0 fully saturated rings. The lowest BCUT2D eigenvalue weighted by Gasteiger charge is -2.18. The highest BCUT2D eigenvalue weighted by molar-refractivity contribution is 5.81. The van der Waals surface area contributed by atoms with Crippen molar-refractivity contribution in [3.05, 3.63) is 55.5 Å². The lowest BCUT2D eigenvalue weighted by molar-refractivity contribution is 0.300. The number of benzene rings is 1. The van der Waals surface area contributed by atoms with Gasteiger partial charge in [-0.25, -0.2) is 14.4 Å². The predicted octanol–water partition coefficient (Wildman–Crippen LogP) is 0.683. The van der Waals surface area contributed by atoms with Crippen LogP contribution < -0.4 is 16.6 Å². The summed E-state index contributed by atoms with van der Waals surface area (Å²) in [7, 11) is 0. The smallest absolute Gasteiger partial charge is 0.321 e. The average molecular weight is 381 g/mol. The Morgan fingerprint density at radius 3 is 2.64 bits per heavy atom. The van der Waals surface area contributed by atoms with E-state index < -0.39 is 11.2 Å². The van der Waals surface area contributed by atoms with Gasteiger partial charge in [0.1, 0.15) is 11.4 Å². The van der Waals surface area contributed by atoms with Gasteiger partial charge in [-0.15, -0.1) is 0 Å². The maximum atomic E-state index is 12.3. The van der Waals surface area contributed by atoms with Gasteiger partial charge in [0.2, 0.25) is 0 Å². The molecule has 0 amide bonds. The largest absolute Gasteiger partial charge is 0.349 e. The van der Waals surface area contributed by atoms with Crippen molar-refractivity contribution in [1.82, 2.24) is 35.1 Å². The Morgan fingerprint density at radius 2 is 1.89 bits per heavy atom. The minimum absolute atomic E-state index is 0.145. The fourth-order valence-electron chi connectivity index (χ4n) is 3.08. The van der Waals surface area contributed by atoms with Crippen LogP contribution in [0.2, 0.25) is 0 Å². The SMILES string of the molecule is Cc1cc2nc3c(=O)[nH]c(=O)nc-3n(CCNCc3nonc3C)c2cc1C. The first-order valence-electron chi connectivity index (χ1n) is 8.84. The molecule has 2 N–H and O–H groups in total. The molecule has 0 aliphatic carbocycles. The Bertz CT molecular complexity index is 1250. The van der Waals surface area contributed by atoms with Crippen LogP contribution in [-0.2, 0) is 13.1 Å². The Labute approximate surface area is 158 Å². The minimum atomic E-state index is -0.687. The summed E-state index contributed by atoms with van der Waals surface area (Å²) in [6.07, 6.45) is 0. The number of fused-ring (bicyclic) bond motifs is 2. The summed E-state index contributed by atoms with van der Waals surface area (Å²) in [5.41, 5.74) is 4.04. The highest BCUT2D eigenvalue weighted by Crippen LogP contribution is 2.23. The Kier molecular flexibility index (Phi) is 4.47. The Balaban J connectivity index is 1.75. The molecular formula is C18H19N7O3. The number of aromatic nitrogens is 6. The van der Waals surface area contributed by atoms with E-state index in [0.29, 0.717) is 25.2 Å². The van der Waals surface area contributed by atoms with Crippen molar-refractivity contribution in [2.75, 3.05) is 6.54 Å². The van der Waals surface area contributed by atoms with Crippen molar-refractivity contribution in [3.8, 4) is 11.5 Å². The number of nitrogens with one attached hydrogen (secondary N) is 2. The average Bonchev–Trinajstić information content (AvgIpc) is 3.05. The zero-order valence-corrected chi connectivity index (χ0v) is 15.7. The first kappa shape index (κ1) is 18.0. The first-order valence-corrected chi connectivity index (χ1v) is 8.84. The third-order valence-corrected chi connectivity index (χ3v) is 4.78. The van der Waals surface area contributed by atoms with Crippen LogP contribution in [0.15, 0.2) is 26.4 Å². The molecule has 2 aliphatic rings. The van der Waals surface area contributed by atoms with Gasteiger partial charge in [-0.3, -0.25) is 9.78 Å². The van der Waals surface area contributed by atoms with E-state index in [1.54, 1.807) is 0 Å². The van der Waals surface area contributed by atoms with E-state index in [-0.39, 0.29) is 11.5 Å². The van der Waals surface area contributed by atoms with Crippen molar-refractivity contribution in [2.24, 2.45) is 0 Å². The summed E-state index contributed by atoms with van der Waals surface area (Å²) >= 11 is 0. The molecule has 2 aliphatic heterocycles. The third kappa shape index (κ3) is 3.18. The second-order valence-electron chi connectivity index (χ2n) is 6.71. The normalized spacial score (nSPS) is 11.5. The number of hydrogen-bond acceptors (Lipinski definition) is 8. The van der Waals surface area contributed by atoms with Crippen LogP contribution in [0.3, 0.4) is 0 Å². The van der Waals surface area contributed by atoms with E-state index in [4.69, 9.17) is 4.63 Å². The maximum absolute atomic E-state index is 12.3. The second kappa shape index (κ2) is 6.97. The van der Waals surface area contributed by atoms with Crippen LogP contribution in [0, 0.1) is 20.8 Å². The molecule has 28 heavy (non-hydrogen) atoms. The van der Waals surface area contributed by atoms with Crippen LogP contribution in [0.1, 0.15) is 22.5 Å². The first-order chi connectivity index (χ1) is 13.4. The zero-order chi connectivity index (χ0) is 19.8. The molecule has 144 valence electrons. The topological polar surface area (TPSA) is 132 Å². The van der Waals surface area contributed by atoms with E-state index in [9.17, 15) is 9.59 Å². The van der Waals surface area contributed by atoms with Gasteiger partial charge in [0.15, 0.2) is 11.5 Å². The second-order valence-corrected chi connectivity index (χ2v) is 6.71. The summed E-state index contributed by atoms with van der Waals surface area (Å²) in [6, 6.07) is 3.93. The molecule has 1 aromatic carbocycles. The predicted molar refractivity (Wildman–Crippen MR) is 101 cm³/mol. The summed E-state index contributed by atoms with van der Waals surface area (Å²) in [5, 5.41) is 10.9. The van der Waals surface area contributed by atoms with Gasteiger partial charge in [-0.05, 0) is 44.0 Å². The van der Waals surface area contributed by atoms with Crippen molar-refractivity contribution < 1.29 is 4.63 Å². The van der Waals surface area contributed by atoms with E-state index in [0.717, 1.165) is 28.0 Å². The van der Waals surface area contributed by atoms with Crippen molar-refractivity contribution in [2.45, 2.75) is 33.9 Å². The Morgan fingerprint density at radius 1 is 1.11 bits per heavy atom. The summed E-state index contributed by atoms with van der Waals surface area (Å²) in [6.45, 7) is 7.36. The molecule has 4 rings (SSSR count). The van der Waals surface area contributed by atoms with E-state index >= 15 is 0 Å². The molecule has 3 heterocycles. The minimum Gasteiger partial charge on any atom is -0.321 e. The number of aromatic amines is 1. The van der Waals surface area contributed by atoms with Gasteiger partial charge in [-0.1, -0.05) is 10.3 Å². The van der Waals surface area contributed by atoms with E-state index in [1.165, 1.54) is 0 Å². The lowest BCUT2D eigenvalue weighted by atomic mass is 10.1. The molecule has 1 aromatic heterocycles. The van der Waals surface area contributed by atoms with Crippen molar-refractivity contribution in [3.63, 3.8) is 0 Å². The molecular weight excluding hydrogens is 362 g/mol. The van der Waals surface area contributed by atoms with E-state index in [1.807, 2.05) is 37.5 Å². The van der Waals surface area contributed by atoms with Crippen molar-refractivity contribution >= 4 is 11.0 Å². The van der Waals surface area contributed by atoms with Gasteiger partial charge in [0.05, 0.1) is 11.0 Å². The van der Waals surface area contributed by atoms with Gasteiger partial charge in [0.25, 0.3) is 5.56 Å². The number of nitrogens with zero attached hydrogens (tertiary/aromatic N) is 5.